The molecule has 0 aromatic heterocycles. The van der Waals surface area contributed by atoms with Crippen molar-refractivity contribution in [1.29, 1.82) is 0 Å². The van der Waals surface area contributed by atoms with Crippen LogP contribution in [0.3, 0.4) is 0 Å². The Bertz CT molecular complexity index is 407. The molecule has 106 valence electrons. The van der Waals surface area contributed by atoms with Crippen LogP contribution in [0.2, 0.25) is 5.02 Å². The van der Waals surface area contributed by atoms with Gasteiger partial charge in [0.25, 0.3) is 0 Å². The Morgan fingerprint density at radius 3 is 2.79 bits per heavy atom. The van der Waals surface area contributed by atoms with Crippen LogP contribution in [0.1, 0.15) is 31.2 Å². The van der Waals surface area contributed by atoms with Crippen molar-refractivity contribution in [3.63, 3.8) is 0 Å². The van der Waals surface area contributed by atoms with Gasteiger partial charge in [0.1, 0.15) is 0 Å². The molecular weight excluding hydrogens is 260 g/mol. The molecule has 0 aliphatic heterocycles. The average Bonchev–Trinajstić information content (AvgIpc) is 2.34. The summed E-state index contributed by atoms with van der Waals surface area (Å²) in [7, 11) is 4.06. The molecule has 1 aromatic carbocycles. The number of hydrogen-bond acceptors (Lipinski definition) is 2. The number of hydrogen-bond donors (Lipinski definition) is 1. The quantitative estimate of drug-likeness (QED) is 0.780. The van der Waals surface area contributed by atoms with E-state index in [9.17, 15) is 4.79 Å². The maximum atomic E-state index is 11.8. The molecular formula is C15H23ClN2O. The minimum atomic E-state index is 0.103. The van der Waals surface area contributed by atoms with Crippen molar-refractivity contribution >= 4 is 17.5 Å². The molecule has 1 N–H and O–H groups in total. The molecule has 1 aromatic rings. The van der Waals surface area contributed by atoms with E-state index in [1.807, 2.05) is 45.3 Å². The summed E-state index contributed by atoms with van der Waals surface area (Å²) in [5.74, 6) is 0.291. The van der Waals surface area contributed by atoms with Gasteiger partial charge in [-0.3, -0.25) is 4.79 Å². The first-order valence-electron chi connectivity index (χ1n) is 6.66. The first-order valence-corrected chi connectivity index (χ1v) is 7.03. The second kappa shape index (κ2) is 8.18. The molecule has 4 heteroatoms. The van der Waals surface area contributed by atoms with E-state index in [1.54, 1.807) is 0 Å². The topological polar surface area (TPSA) is 32.3 Å². The van der Waals surface area contributed by atoms with E-state index >= 15 is 0 Å². The van der Waals surface area contributed by atoms with Crippen molar-refractivity contribution in [3.8, 4) is 0 Å². The molecule has 0 saturated heterocycles. The Hall–Kier alpha value is -1.06. The third-order valence-corrected chi connectivity index (χ3v) is 3.25. The Balaban J connectivity index is 2.32. The predicted octanol–water partition coefficient (Wildman–Crippen LogP) is 2.90. The van der Waals surface area contributed by atoms with E-state index in [0.29, 0.717) is 6.42 Å². The third kappa shape index (κ3) is 6.60. The first kappa shape index (κ1) is 16.0. The van der Waals surface area contributed by atoms with Crippen LogP contribution >= 0.6 is 11.6 Å². The fourth-order valence-corrected chi connectivity index (χ4v) is 2.10. The molecule has 19 heavy (non-hydrogen) atoms. The zero-order valence-electron chi connectivity index (χ0n) is 11.9. The highest BCUT2D eigenvalue weighted by molar-refractivity contribution is 6.30. The number of rotatable bonds is 7. The summed E-state index contributed by atoms with van der Waals surface area (Å²) in [5.41, 5.74) is 1.11. The molecule has 1 rings (SSSR count). The van der Waals surface area contributed by atoms with Gasteiger partial charge in [0, 0.05) is 18.0 Å². The minimum Gasteiger partial charge on any atom is -0.356 e. The largest absolute Gasteiger partial charge is 0.356 e. The number of nitrogens with one attached hydrogen (secondary N) is 1. The first-order chi connectivity index (χ1) is 8.99. The molecule has 1 atom stereocenters. The second-order valence-electron chi connectivity index (χ2n) is 5.17. The van der Waals surface area contributed by atoms with Crippen molar-refractivity contribution in [2.45, 2.75) is 25.7 Å². The number of halogens is 1. The van der Waals surface area contributed by atoms with Gasteiger partial charge < -0.3 is 10.2 Å². The minimum absolute atomic E-state index is 0.103. The van der Waals surface area contributed by atoms with Crippen LogP contribution in [0.15, 0.2) is 24.3 Å². The van der Waals surface area contributed by atoms with Crippen LogP contribution in [-0.2, 0) is 4.79 Å². The molecule has 1 unspecified atom stereocenters. The Labute approximate surface area is 120 Å². The van der Waals surface area contributed by atoms with Crippen molar-refractivity contribution in [2.75, 3.05) is 27.2 Å². The van der Waals surface area contributed by atoms with Gasteiger partial charge in [-0.05, 0) is 50.7 Å². The molecule has 0 heterocycles. The summed E-state index contributed by atoms with van der Waals surface area (Å²) >= 11 is 5.95. The van der Waals surface area contributed by atoms with Gasteiger partial charge in [-0.1, -0.05) is 30.7 Å². The van der Waals surface area contributed by atoms with Gasteiger partial charge in [0.2, 0.25) is 5.91 Å². The zero-order chi connectivity index (χ0) is 14.3. The lowest BCUT2D eigenvalue weighted by Crippen LogP contribution is -2.27. The van der Waals surface area contributed by atoms with E-state index in [0.717, 1.165) is 30.1 Å². The number of benzene rings is 1. The maximum Gasteiger partial charge on any atom is 0.220 e. The predicted molar refractivity (Wildman–Crippen MR) is 80.7 cm³/mol. The molecule has 3 nitrogen and oxygen atoms in total. The average molecular weight is 283 g/mol. The van der Waals surface area contributed by atoms with Gasteiger partial charge in [-0.25, -0.2) is 0 Å². The normalized spacial score (nSPS) is 12.5. The van der Waals surface area contributed by atoms with E-state index in [-0.39, 0.29) is 11.8 Å². The van der Waals surface area contributed by atoms with Crippen LogP contribution in [0.25, 0.3) is 0 Å². The van der Waals surface area contributed by atoms with E-state index in [2.05, 4.69) is 10.2 Å². The zero-order valence-corrected chi connectivity index (χ0v) is 12.7. The van der Waals surface area contributed by atoms with Gasteiger partial charge >= 0.3 is 0 Å². The summed E-state index contributed by atoms with van der Waals surface area (Å²) in [5, 5.41) is 3.67. The van der Waals surface area contributed by atoms with Crippen LogP contribution in [0.4, 0.5) is 0 Å². The number of amides is 1. The van der Waals surface area contributed by atoms with Gasteiger partial charge in [-0.15, -0.1) is 0 Å². The molecule has 1 amide bonds. The fourth-order valence-electron chi connectivity index (χ4n) is 1.90. The molecule has 0 aliphatic rings. The molecule has 0 bridgehead atoms. The summed E-state index contributed by atoms with van der Waals surface area (Å²) in [6, 6.07) is 7.70. The van der Waals surface area contributed by atoms with Crippen LogP contribution < -0.4 is 5.32 Å². The van der Waals surface area contributed by atoms with Crippen molar-refractivity contribution < 1.29 is 4.79 Å². The summed E-state index contributed by atoms with van der Waals surface area (Å²) in [4.78, 5) is 13.9. The molecule has 0 spiro atoms. The van der Waals surface area contributed by atoms with Crippen molar-refractivity contribution in [1.82, 2.24) is 10.2 Å². The second-order valence-corrected chi connectivity index (χ2v) is 5.60. The van der Waals surface area contributed by atoms with Gasteiger partial charge in [-0.2, -0.15) is 0 Å². The lowest BCUT2D eigenvalue weighted by Gasteiger charge is -2.13. The van der Waals surface area contributed by atoms with Gasteiger partial charge in [0.15, 0.2) is 0 Å². The van der Waals surface area contributed by atoms with E-state index in [1.165, 1.54) is 0 Å². The summed E-state index contributed by atoms with van der Waals surface area (Å²) in [6.45, 7) is 3.77. The maximum absolute atomic E-state index is 11.8. The van der Waals surface area contributed by atoms with E-state index < -0.39 is 0 Å². The highest BCUT2D eigenvalue weighted by Gasteiger charge is 2.11. The number of carbonyl (C=O) groups is 1. The lowest BCUT2D eigenvalue weighted by molar-refractivity contribution is -0.121. The Morgan fingerprint density at radius 1 is 1.42 bits per heavy atom. The van der Waals surface area contributed by atoms with Crippen LogP contribution in [0.5, 0.6) is 0 Å². The summed E-state index contributed by atoms with van der Waals surface area (Å²) in [6.07, 6.45) is 1.48. The number of carbonyl (C=O) groups excluding carboxylic acids is 1. The third-order valence-electron chi connectivity index (χ3n) is 3.01. The molecule has 0 fully saturated rings. The van der Waals surface area contributed by atoms with Crippen molar-refractivity contribution in [2.24, 2.45) is 0 Å². The standard InChI is InChI=1S/C15H23ClN2O/c1-12(13-6-4-7-14(16)11-13)10-15(19)17-8-5-9-18(2)3/h4,6-7,11-12H,5,8-10H2,1-3H3,(H,17,19). The Kier molecular flexibility index (Phi) is 6.89. The smallest absolute Gasteiger partial charge is 0.220 e. The fraction of sp³-hybridized carbons (Fsp3) is 0.533. The highest BCUT2D eigenvalue weighted by Crippen LogP contribution is 2.21. The lowest BCUT2D eigenvalue weighted by atomic mass is 9.97. The Morgan fingerprint density at radius 2 is 2.16 bits per heavy atom. The summed E-state index contributed by atoms with van der Waals surface area (Å²) < 4.78 is 0. The highest BCUT2D eigenvalue weighted by atomic mass is 35.5. The van der Waals surface area contributed by atoms with Crippen molar-refractivity contribution in [3.05, 3.63) is 34.9 Å². The monoisotopic (exact) mass is 282 g/mol. The molecule has 0 radical (unpaired) electrons. The van der Waals surface area contributed by atoms with E-state index in [4.69, 9.17) is 11.6 Å². The van der Waals surface area contributed by atoms with Gasteiger partial charge in [0.05, 0.1) is 0 Å². The number of nitrogens with zero attached hydrogens (tertiary/aromatic N) is 1. The van der Waals surface area contributed by atoms with Crippen LogP contribution in [-0.4, -0.2) is 38.0 Å². The molecule has 0 saturated carbocycles. The molecule has 0 aliphatic carbocycles. The SMILES string of the molecule is CC(CC(=O)NCCCN(C)C)c1cccc(Cl)c1. The van der Waals surface area contributed by atoms with Crippen LogP contribution in [0, 0.1) is 0 Å².